The zero-order chi connectivity index (χ0) is 9.84. The van der Waals surface area contributed by atoms with E-state index >= 15 is 0 Å². The van der Waals surface area contributed by atoms with Gasteiger partial charge in [-0.05, 0) is 25.2 Å². The van der Waals surface area contributed by atoms with Crippen LogP contribution in [0.3, 0.4) is 0 Å². The number of rotatable bonds is 2. The van der Waals surface area contributed by atoms with E-state index in [2.05, 4.69) is 6.92 Å². The summed E-state index contributed by atoms with van der Waals surface area (Å²) in [5, 5.41) is 8.73. The predicted octanol–water partition coefficient (Wildman–Crippen LogP) is 2.84. The molecule has 13 heavy (non-hydrogen) atoms. The monoisotopic (exact) mass is 182 g/mol. The molecule has 1 rings (SSSR count). The second kappa shape index (κ2) is 4.45. The Morgan fingerprint density at radius 3 is 2.54 bits per heavy atom. The predicted molar refractivity (Wildman–Crippen MR) is 52.5 cm³/mol. The molecule has 0 aliphatic heterocycles. The van der Waals surface area contributed by atoms with Crippen molar-refractivity contribution in [1.82, 2.24) is 0 Å². The quantitative estimate of drug-likeness (QED) is 0.667. The lowest BCUT2D eigenvalue weighted by molar-refractivity contribution is -0.132. The molecule has 1 aliphatic rings. The lowest BCUT2D eigenvalue weighted by Gasteiger charge is -2.26. The smallest absolute Gasteiger partial charge is 0.330 e. The molecular formula is C11H18O2. The standard InChI is InChI=1S/C11H18O2/c1-8-5-3-4-6-10(8)7-9(2)11(12)13/h7-8,10H,3-6H2,1-2H3,(H,12,13)/b9-7+. The van der Waals surface area contributed by atoms with Gasteiger partial charge in [0.15, 0.2) is 0 Å². The lowest BCUT2D eigenvalue weighted by atomic mass is 9.79. The van der Waals surface area contributed by atoms with Crippen molar-refractivity contribution in [2.45, 2.75) is 39.5 Å². The summed E-state index contributed by atoms with van der Waals surface area (Å²) in [7, 11) is 0. The van der Waals surface area contributed by atoms with Crippen LogP contribution in [0.2, 0.25) is 0 Å². The van der Waals surface area contributed by atoms with Gasteiger partial charge in [-0.15, -0.1) is 0 Å². The molecule has 0 spiro atoms. The van der Waals surface area contributed by atoms with E-state index in [9.17, 15) is 4.79 Å². The first-order chi connectivity index (χ1) is 6.11. The number of carboxylic acid groups (broad SMARTS) is 1. The van der Waals surface area contributed by atoms with Crippen molar-refractivity contribution in [3.63, 3.8) is 0 Å². The number of hydrogen-bond acceptors (Lipinski definition) is 1. The van der Waals surface area contributed by atoms with E-state index in [1.807, 2.05) is 6.08 Å². The van der Waals surface area contributed by atoms with Gasteiger partial charge in [0.2, 0.25) is 0 Å². The molecule has 2 heteroatoms. The molecule has 0 bridgehead atoms. The van der Waals surface area contributed by atoms with Gasteiger partial charge in [0.25, 0.3) is 0 Å². The average molecular weight is 182 g/mol. The van der Waals surface area contributed by atoms with Crippen molar-refractivity contribution < 1.29 is 9.90 Å². The summed E-state index contributed by atoms with van der Waals surface area (Å²) in [5.74, 6) is 0.366. The fourth-order valence-corrected chi connectivity index (χ4v) is 1.98. The van der Waals surface area contributed by atoms with Crippen LogP contribution in [-0.4, -0.2) is 11.1 Å². The molecule has 2 atom stereocenters. The van der Waals surface area contributed by atoms with E-state index in [1.165, 1.54) is 19.3 Å². The molecule has 74 valence electrons. The van der Waals surface area contributed by atoms with Gasteiger partial charge >= 0.3 is 5.97 Å². The highest BCUT2D eigenvalue weighted by atomic mass is 16.4. The van der Waals surface area contributed by atoms with Crippen LogP contribution in [0.4, 0.5) is 0 Å². The molecular weight excluding hydrogens is 164 g/mol. The number of hydrogen-bond donors (Lipinski definition) is 1. The van der Waals surface area contributed by atoms with Gasteiger partial charge in [0, 0.05) is 5.57 Å². The molecule has 0 saturated heterocycles. The SMILES string of the molecule is C/C(=C\C1CCCCC1C)C(=O)O. The summed E-state index contributed by atoms with van der Waals surface area (Å²) in [5.41, 5.74) is 0.499. The molecule has 1 N–H and O–H groups in total. The summed E-state index contributed by atoms with van der Waals surface area (Å²) >= 11 is 0. The minimum Gasteiger partial charge on any atom is -0.478 e. The van der Waals surface area contributed by atoms with Gasteiger partial charge < -0.3 is 5.11 Å². The second-order valence-electron chi connectivity index (χ2n) is 4.08. The maximum Gasteiger partial charge on any atom is 0.330 e. The Labute approximate surface area is 79.6 Å². The molecule has 2 nitrogen and oxygen atoms in total. The van der Waals surface area contributed by atoms with Gasteiger partial charge in [0.1, 0.15) is 0 Å². The minimum absolute atomic E-state index is 0.491. The number of carbonyl (C=O) groups is 1. The molecule has 0 aromatic rings. The Balaban J connectivity index is 2.60. The Morgan fingerprint density at radius 1 is 1.38 bits per heavy atom. The van der Waals surface area contributed by atoms with Crippen LogP contribution in [0.1, 0.15) is 39.5 Å². The summed E-state index contributed by atoms with van der Waals surface area (Å²) in [6.45, 7) is 3.90. The summed E-state index contributed by atoms with van der Waals surface area (Å²) in [6.07, 6.45) is 6.89. The van der Waals surface area contributed by atoms with Crippen molar-refractivity contribution >= 4 is 5.97 Å². The van der Waals surface area contributed by atoms with E-state index in [-0.39, 0.29) is 0 Å². The largest absolute Gasteiger partial charge is 0.478 e. The summed E-state index contributed by atoms with van der Waals surface area (Å²) in [4.78, 5) is 10.6. The van der Waals surface area contributed by atoms with Crippen LogP contribution < -0.4 is 0 Å². The second-order valence-corrected chi connectivity index (χ2v) is 4.08. The van der Waals surface area contributed by atoms with Crippen molar-refractivity contribution in [3.05, 3.63) is 11.6 Å². The summed E-state index contributed by atoms with van der Waals surface area (Å²) in [6, 6.07) is 0. The molecule has 0 aromatic heterocycles. The third-order valence-corrected chi connectivity index (χ3v) is 2.98. The highest BCUT2D eigenvalue weighted by Gasteiger charge is 2.19. The Kier molecular flexibility index (Phi) is 3.52. The van der Waals surface area contributed by atoms with E-state index in [1.54, 1.807) is 6.92 Å². The topological polar surface area (TPSA) is 37.3 Å². The fraction of sp³-hybridized carbons (Fsp3) is 0.727. The molecule has 0 radical (unpaired) electrons. The molecule has 1 saturated carbocycles. The number of allylic oxidation sites excluding steroid dienone is 1. The van der Waals surface area contributed by atoms with E-state index < -0.39 is 5.97 Å². The zero-order valence-corrected chi connectivity index (χ0v) is 8.42. The molecule has 0 aromatic carbocycles. The summed E-state index contributed by atoms with van der Waals surface area (Å²) < 4.78 is 0. The van der Waals surface area contributed by atoms with E-state index in [4.69, 9.17) is 5.11 Å². The minimum atomic E-state index is -0.780. The highest BCUT2D eigenvalue weighted by Crippen LogP contribution is 2.31. The number of carboxylic acids is 1. The zero-order valence-electron chi connectivity index (χ0n) is 8.42. The van der Waals surface area contributed by atoms with Crippen molar-refractivity contribution in [2.75, 3.05) is 0 Å². The van der Waals surface area contributed by atoms with E-state index in [0.29, 0.717) is 17.4 Å². The molecule has 2 unspecified atom stereocenters. The average Bonchev–Trinajstić information content (AvgIpc) is 2.08. The first kappa shape index (κ1) is 10.3. The molecule has 1 fully saturated rings. The van der Waals surface area contributed by atoms with Gasteiger partial charge in [-0.2, -0.15) is 0 Å². The fourth-order valence-electron chi connectivity index (χ4n) is 1.98. The van der Waals surface area contributed by atoms with Crippen LogP contribution in [-0.2, 0) is 4.79 Å². The van der Waals surface area contributed by atoms with Crippen molar-refractivity contribution in [1.29, 1.82) is 0 Å². The van der Waals surface area contributed by atoms with Crippen LogP contribution in [0.15, 0.2) is 11.6 Å². The van der Waals surface area contributed by atoms with Gasteiger partial charge in [-0.1, -0.05) is 32.3 Å². The van der Waals surface area contributed by atoms with Gasteiger partial charge in [-0.25, -0.2) is 4.79 Å². The van der Waals surface area contributed by atoms with E-state index in [0.717, 1.165) is 6.42 Å². The Morgan fingerprint density at radius 2 is 2.00 bits per heavy atom. The first-order valence-electron chi connectivity index (χ1n) is 5.03. The third-order valence-electron chi connectivity index (χ3n) is 2.98. The maximum atomic E-state index is 10.6. The molecule has 0 amide bonds. The molecule has 0 heterocycles. The number of aliphatic carboxylic acids is 1. The normalized spacial score (nSPS) is 30.2. The first-order valence-corrected chi connectivity index (χ1v) is 5.03. The maximum absolute atomic E-state index is 10.6. The Hall–Kier alpha value is -0.790. The Bertz CT molecular complexity index is 218. The van der Waals surface area contributed by atoms with Gasteiger partial charge in [0.05, 0.1) is 0 Å². The van der Waals surface area contributed by atoms with Gasteiger partial charge in [-0.3, -0.25) is 0 Å². The lowest BCUT2D eigenvalue weighted by Crippen LogP contribution is -2.15. The third kappa shape index (κ3) is 2.87. The van der Waals surface area contributed by atoms with Crippen molar-refractivity contribution in [3.8, 4) is 0 Å². The van der Waals surface area contributed by atoms with Crippen LogP contribution >= 0.6 is 0 Å². The van der Waals surface area contributed by atoms with Crippen LogP contribution in [0, 0.1) is 11.8 Å². The molecule has 1 aliphatic carbocycles. The van der Waals surface area contributed by atoms with Crippen LogP contribution in [0.5, 0.6) is 0 Å². The van der Waals surface area contributed by atoms with Crippen LogP contribution in [0.25, 0.3) is 0 Å². The highest BCUT2D eigenvalue weighted by molar-refractivity contribution is 5.85. The van der Waals surface area contributed by atoms with Crippen molar-refractivity contribution in [2.24, 2.45) is 11.8 Å².